The van der Waals surface area contributed by atoms with Crippen LogP contribution in [-0.2, 0) is 0 Å². The van der Waals surface area contributed by atoms with E-state index in [0.717, 1.165) is 10.1 Å². The highest BCUT2D eigenvalue weighted by molar-refractivity contribution is 5.72. The number of benzene rings is 1. The van der Waals surface area contributed by atoms with Gasteiger partial charge in [0.25, 0.3) is 5.78 Å². The zero-order valence-electron chi connectivity index (χ0n) is 12.0. The van der Waals surface area contributed by atoms with Gasteiger partial charge in [0.1, 0.15) is 12.1 Å². The van der Waals surface area contributed by atoms with Crippen LogP contribution in [-0.4, -0.2) is 31.6 Å². The average molecular weight is 313 g/mol. The maximum Gasteiger partial charge on any atom is 0.361 e. The molecule has 2 heterocycles. The van der Waals surface area contributed by atoms with Crippen LogP contribution >= 0.6 is 0 Å². The number of rotatable bonds is 4. The number of nitro groups is 1. The quantitative estimate of drug-likeness (QED) is 0.576. The Kier molecular flexibility index (Phi) is 3.59. The Bertz CT molecular complexity index is 955. The summed E-state index contributed by atoms with van der Waals surface area (Å²) in [6.45, 7) is 0. The minimum atomic E-state index is -0.813. The zero-order chi connectivity index (χ0) is 16.4. The van der Waals surface area contributed by atoms with Gasteiger partial charge in [-0.3, -0.25) is 20.0 Å². The fraction of sp³-hybridized carbons (Fsp3) is 0.0714. The predicted octanol–water partition coefficient (Wildman–Crippen LogP) is 1.50. The number of ether oxygens (including phenoxy) is 1. The Hall–Kier alpha value is -3.49. The zero-order valence-corrected chi connectivity index (χ0v) is 12.0. The summed E-state index contributed by atoms with van der Waals surface area (Å²) < 4.78 is 5.98. The van der Waals surface area contributed by atoms with Gasteiger partial charge >= 0.3 is 11.2 Å². The number of aromatic amines is 1. The van der Waals surface area contributed by atoms with E-state index in [9.17, 15) is 14.9 Å². The van der Waals surface area contributed by atoms with Crippen LogP contribution in [0.3, 0.4) is 0 Å². The van der Waals surface area contributed by atoms with E-state index < -0.39 is 16.2 Å². The normalized spacial score (nSPS) is 11.2. The lowest BCUT2D eigenvalue weighted by atomic mass is 10.2. The van der Waals surface area contributed by atoms with E-state index in [1.807, 2.05) is 0 Å². The number of hydrogen-bond acceptors (Lipinski definition) is 6. The van der Waals surface area contributed by atoms with Crippen LogP contribution in [0.15, 0.2) is 35.4 Å². The van der Waals surface area contributed by atoms with Gasteiger partial charge in [0.2, 0.25) is 0 Å². The molecule has 1 N–H and O–H groups in total. The standard InChI is InChI=1S/C14H11N5O4/c1-23-10-5-2-9(3-6-10)4-7-11-12(19(21)22)13(20)18-14(17-11)15-8-16-18/h2-8H,1H3,(H,15,16,17)/b7-4+. The molecule has 0 saturated heterocycles. The highest BCUT2D eigenvalue weighted by Crippen LogP contribution is 2.17. The summed E-state index contributed by atoms with van der Waals surface area (Å²) in [5.74, 6) is 0.762. The van der Waals surface area contributed by atoms with Crippen molar-refractivity contribution in [1.29, 1.82) is 0 Å². The molecule has 2 aromatic heterocycles. The molecule has 9 heteroatoms. The summed E-state index contributed by atoms with van der Waals surface area (Å²) in [6, 6.07) is 7.07. The van der Waals surface area contributed by atoms with Crippen molar-refractivity contribution in [2.75, 3.05) is 7.11 Å². The second kappa shape index (κ2) is 5.72. The van der Waals surface area contributed by atoms with Crippen molar-refractivity contribution >= 4 is 23.6 Å². The first-order chi connectivity index (χ1) is 11.1. The first-order valence-electron chi connectivity index (χ1n) is 6.53. The highest BCUT2D eigenvalue weighted by Gasteiger charge is 2.22. The molecule has 0 unspecified atom stereocenters. The van der Waals surface area contributed by atoms with Gasteiger partial charge in [-0.1, -0.05) is 18.2 Å². The fourth-order valence-electron chi connectivity index (χ4n) is 2.04. The molecule has 0 atom stereocenters. The predicted molar refractivity (Wildman–Crippen MR) is 82.2 cm³/mol. The second-order valence-corrected chi connectivity index (χ2v) is 4.54. The number of nitrogens with zero attached hydrogens (tertiary/aromatic N) is 4. The average Bonchev–Trinajstić information content (AvgIpc) is 3.02. The third-order valence-corrected chi connectivity index (χ3v) is 3.17. The molecule has 0 bridgehead atoms. The molecule has 0 fully saturated rings. The summed E-state index contributed by atoms with van der Waals surface area (Å²) in [4.78, 5) is 30.4. The van der Waals surface area contributed by atoms with Gasteiger partial charge in [-0.2, -0.15) is 4.52 Å². The van der Waals surface area contributed by atoms with Crippen LogP contribution in [0.1, 0.15) is 11.3 Å². The lowest BCUT2D eigenvalue weighted by molar-refractivity contribution is -0.386. The molecule has 0 saturated carbocycles. The molecular formula is C14H11N5O4. The maximum absolute atomic E-state index is 12.1. The lowest BCUT2D eigenvalue weighted by Crippen LogP contribution is -2.20. The molecule has 116 valence electrons. The number of H-pyrrole nitrogens is 1. The van der Waals surface area contributed by atoms with E-state index in [1.165, 1.54) is 12.4 Å². The largest absolute Gasteiger partial charge is 0.497 e. The molecule has 0 aliphatic rings. The van der Waals surface area contributed by atoms with Gasteiger partial charge in [0, 0.05) is 0 Å². The Balaban J connectivity index is 2.07. The lowest BCUT2D eigenvalue weighted by Gasteiger charge is -2.00. The summed E-state index contributed by atoms with van der Waals surface area (Å²) in [5.41, 5.74) is -0.699. The van der Waals surface area contributed by atoms with Crippen molar-refractivity contribution in [2.45, 2.75) is 0 Å². The number of methoxy groups -OCH3 is 1. The van der Waals surface area contributed by atoms with Crippen LogP contribution in [0.5, 0.6) is 5.75 Å². The second-order valence-electron chi connectivity index (χ2n) is 4.54. The van der Waals surface area contributed by atoms with Gasteiger partial charge in [0.15, 0.2) is 5.69 Å². The topological polar surface area (TPSA) is 115 Å². The highest BCUT2D eigenvalue weighted by atomic mass is 16.6. The number of fused-ring (bicyclic) bond motifs is 1. The summed E-state index contributed by atoms with van der Waals surface area (Å²) in [5, 5.41) is 13.7. The van der Waals surface area contributed by atoms with Crippen LogP contribution in [0, 0.1) is 10.1 Å². The SMILES string of the molecule is COc1ccc(/C=C/c2nc3nc[nH]n3c(=O)c2[N+](=O)[O-])cc1. The van der Waals surface area contributed by atoms with E-state index >= 15 is 0 Å². The minimum Gasteiger partial charge on any atom is -0.497 e. The van der Waals surface area contributed by atoms with Crippen LogP contribution < -0.4 is 10.3 Å². The van der Waals surface area contributed by atoms with Gasteiger partial charge in [-0.15, -0.1) is 0 Å². The molecule has 3 rings (SSSR count). The summed E-state index contributed by atoms with van der Waals surface area (Å²) >= 11 is 0. The molecular weight excluding hydrogens is 302 g/mol. The van der Waals surface area contributed by atoms with Crippen molar-refractivity contribution < 1.29 is 9.66 Å². The molecule has 0 radical (unpaired) electrons. The third kappa shape index (κ3) is 2.67. The van der Waals surface area contributed by atoms with E-state index in [-0.39, 0.29) is 11.5 Å². The Morgan fingerprint density at radius 3 is 2.70 bits per heavy atom. The number of aromatic nitrogens is 4. The van der Waals surface area contributed by atoms with Crippen molar-refractivity contribution in [2.24, 2.45) is 0 Å². The van der Waals surface area contributed by atoms with Gasteiger partial charge < -0.3 is 4.74 Å². The van der Waals surface area contributed by atoms with Gasteiger partial charge in [-0.25, -0.2) is 9.97 Å². The van der Waals surface area contributed by atoms with Crippen LogP contribution in [0.25, 0.3) is 17.9 Å². The van der Waals surface area contributed by atoms with E-state index in [1.54, 1.807) is 37.5 Å². The first kappa shape index (κ1) is 14.4. The van der Waals surface area contributed by atoms with Crippen molar-refractivity contribution in [3.63, 3.8) is 0 Å². The third-order valence-electron chi connectivity index (χ3n) is 3.17. The van der Waals surface area contributed by atoms with Crippen molar-refractivity contribution in [3.8, 4) is 5.75 Å². The Morgan fingerprint density at radius 2 is 2.04 bits per heavy atom. The van der Waals surface area contributed by atoms with Crippen molar-refractivity contribution in [3.05, 3.63) is 62.3 Å². The molecule has 0 aliphatic heterocycles. The first-order valence-corrected chi connectivity index (χ1v) is 6.53. The molecule has 0 amide bonds. The van der Waals surface area contributed by atoms with Gasteiger partial charge in [0.05, 0.1) is 12.0 Å². The van der Waals surface area contributed by atoms with E-state index in [0.29, 0.717) is 5.75 Å². The minimum absolute atomic E-state index is 0.0529. The summed E-state index contributed by atoms with van der Waals surface area (Å²) in [6.07, 6.45) is 4.28. The smallest absolute Gasteiger partial charge is 0.361 e. The van der Waals surface area contributed by atoms with E-state index in [4.69, 9.17) is 4.74 Å². The molecule has 0 aliphatic carbocycles. The molecule has 0 spiro atoms. The van der Waals surface area contributed by atoms with E-state index in [2.05, 4.69) is 15.1 Å². The molecule has 9 nitrogen and oxygen atoms in total. The van der Waals surface area contributed by atoms with Crippen LogP contribution in [0.2, 0.25) is 0 Å². The van der Waals surface area contributed by atoms with Crippen molar-refractivity contribution in [1.82, 2.24) is 19.6 Å². The Labute approximate surface area is 129 Å². The molecule has 1 aromatic carbocycles. The summed E-state index contributed by atoms with van der Waals surface area (Å²) in [7, 11) is 1.56. The number of hydrogen-bond donors (Lipinski definition) is 1. The monoisotopic (exact) mass is 313 g/mol. The number of nitrogens with one attached hydrogen (secondary N) is 1. The fourth-order valence-corrected chi connectivity index (χ4v) is 2.04. The van der Waals surface area contributed by atoms with Crippen LogP contribution in [0.4, 0.5) is 5.69 Å². The molecule has 3 aromatic rings. The van der Waals surface area contributed by atoms with Gasteiger partial charge in [-0.05, 0) is 23.8 Å². The maximum atomic E-state index is 12.1. The molecule has 23 heavy (non-hydrogen) atoms. The Morgan fingerprint density at radius 1 is 1.30 bits per heavy atom.